The molecular weight excluding hydrogens is 316 g/mol. The minimum absolute atomic E-state index is 0.861. The lowest BCUT2D eigenvalue weighted by Crippen LogP contribution is -1.81. The fourth-order valence-electron chi connectivity index (χ4n) is 0.938. The first kappa shape index (κ1) is 9.30. The molecule has 5 heteroatoms. The summed E-state index contributed by atoms with van der Waals surface area (Å²) in [6, 6.07) is 5.77. The van der Waals surface area contributed by atoms with E-state index in [0.717, 1.165) is 19.1 Å². The molecule has 0 aliphatic rings. The van der Waals surface area contributed by atoms with E-state index in [9.17, 15) is 0 Å². The molecule has 0 unspecified atom stereocenters. The molecule has 0 spiro atoms. The van der Waals surface area contributed by atoms with Crippen LogP contribution in [-0.4, -0.2) is 9.97 Å². The van der Waals surface area contributed by atoms with Crippen molar-refractivity contribution in [3.8, 4) is 11.4 Å². The lowest BCUT2D eigenvalue weighted by atomic mass is 10.3. The zero-order valence-electron chi connectivity index (χ0n) is 6.37. The molecule has 0 fully saturated rings. The molecular formula is C8H4Br2N2S. The smallest absolute Gasteiger partial charge is 0.160 e. The van der Waals surface area contributed by atoms with Crippen molar-refractivity contribution >= 4 is 43.2 Å². The normalized spacial score (nSPS) is 10.3. The van der Waals surface area contributed by atoms with E-state index in [4.69, 9.17) is 0 Å². The molecule has 0 N–H and O–H groups in total. The number of halogens is 2. The van der Waals surface area contributed by atoms with Crippen molar-refractivity contribution in [2.75, 3.05) is 0 Å². The maximum atomic E-state index is 4.31. The van der Waals surface area contributed by atoms with Crippen molar-refractivity contribution in [1.82, 2.24) is 9.97 Å². The van der Waals surface area contributed by atoms with Gasteiger partial charge in [-0.05, 0) is 44.0 Å². The van der Waals surface area contributed by atoms with Crippen molar-refractivity contribution in [3.05, 3.63) is 32.1 Å². The average Bonchev–Trinajstić information content (AvgIpc) is 2.47. The van der Waals surface area contributed by atoms with Crippen molar-refractivity contribution < 1.29 is 0 Å². The number of hydrogen-bond acceptors (Lipinski definition) is 3. The number of nitrogens with zero attached hydrogens (tertiary/aromatic N) is 2. The molecule has 2 rings (SSSR count). The van der Waals surface area contributed by atoms with Crippen molar-refractivity contribution in [2.24, 2.45) is 0 Å². The Kier molecular flexibility index (Phi) is 2.76. The van der Waals surface area contributed by atoms with Crippen molar-refractivity contribution in [2.45, 2.75) is 0 Å². The molecule has 0 atom stereocenters. The number of thiazole rings is 1. The minimum Gasteiger partial charge on any atom is -0.255 e. The Bertz CT molecular complexity index is 413. The third kappa shape index (κ3) is 1.98. The molecule has 2 heterocycles. The summed E-state index contributed by atoms with van der Waals surface area (Å²) in [6.45, 7) is 0. The van der Waals surface area contributed by atoms with Crippen molar-refractivity contribution in [3.63, 3.8) is 0 Å². The van der Waals surface area contributed by atoms with Crippen molar-refractivity contribution in [1.29, 1.82) is 0 Å². The Morgan fingerprint density at radius 2 is 2.08 bits per heavy atom. The molecule has 0 amide bonds. The molecule has 2 aromatic heterocycles. The first-order valence-corrected chi connectivity index (χ1v) is 5.91. The predicted molar refractivity (Wildman–Crippen MR) is 60.7 cm³/mol. The molecule has 0 radical (unpaired) electrons. The molecule has 66 valence electrons. The van der Waals surface area contributed by atoms with Crippen LogP contribution in [0.4, 0.5) is 0 Å². The molecule has 2 nitrogen and oxygen atoms in total. The summed E-state index contributed by atoms with van der Waals surface area (Å²) in [5.74, 6) is 0. The monoisotopic (exact) mass is 318 g/mol. The number of hydrogen-bond donors (Lipinski definition) is 0. The molecule has 0 aliphatic heterocycles. The molecule has 0 bridgehead atoms. The van der Waals surface area contributed by atoms with E-state index >= 15 is 0 Å². The van der Waals surface area contributed by atoms with E-state index in [-0.39, 0.29) is 0 Å². The van der Waals surface area contributed by atoms with Crippen LogP contribution >= 0.6 is 43.2 Å². The number of rotatable bonds is 1. The van der Waals surface area contributed by atoms with Gasteiger partial charge in [0.15, 0.2) is 3.92 Å². The molecule has 0 saturated carbocycles. The molecule has 0 saturated heterocycles. The van der Waals surface area contributed by atoms with E-state index in [1.165, 1.54) is 0 Å². The zero-order valence-corrected chi connectivity index (χ0v) is 10.4. The standard InChI is InChI=1S/C8H4Br2N2S/c9-7-6(12-8(10)13-7)5-3-1-2-4-11-5/h1-4H. The van der Waals surface area contributed by atoms with Crippen LogP contribution in [0.5, 0.6) is 0 Å². The lowest BCUT2D eigenvalue weighted by molar-refractivity contribution is 1.26. The van der Waals surface area contributed by atoms with E-state index in [1.54, 1.807) is 17.5 Å². The van der Waals surface area contributed by atoms with Gasteiger partial charge in [0, 0.05) is 6.20 Å². The van der Waals surface area contributed by atoms with Gasteiger partial charge < -0.3 is 0 Å². The van der Waals surface area contributed by atoms with Gasteiger partial charge in [-0.15, -0.1) is 0 Å². The third-order valence-electron chi connectivity index (χ3n) is 1.47. The van der Waals surface area contributed by atoms with E-state index in [2.05, 4.69) is 41.8 Å². The van der Waals surface area contributed by atoms with Crippen LogP contribution in [0.25, 0.3) is 11.4 Å². The van der Waals surface area contributed by atoms with Gasteiger partial charge in [0.2, 0.25) is 0 Å². The van der Waals surface area contributed by atoms with Crippen LogP contribution < -0.4 is 0 Å². The van der Waals surface area contributed by atoms with E-state index in [1.807, 2.05) is 18.2 Å². The van der Waals surface area contributed by atoms with Gasteiger partial charge in [0.05, 0.1) is 5.69 Å². The predicted octanol–water partition coefficient (Wildman–Crippen LogP) is 3.73. The summed E-state index contributed by atoms with van der Waals surface area (Å²) < 4.78 is 1.86. The Balaban J connectivity index is 2.53. The van der Waals surface area contributed by atoms with Crippen LogP contribution in [0, 0.1) is 0 Å². The molecule has 13 heavy (non-hydrogen) atoms. The lowest BCUT2D eigenvalue weighted by Gasteiger charge is -1.93. The fourth-order valence-corrected chi connectivity index (χ4v) is 3.54. The van der Waals surface area contributed by atoms with E-state index < -0.39 is 0 Å². The van der Waals surface area contributed by atoms with Gasteiger partial charge in [0.1, 0.15) is 9.48 Å². The van der Waals surface area contributed by atoms with Gasteiger partial charge in [-0.3, -0.25) is 4.98 Å². The minimum atomic E-state index is 0.861. The Labute approximate surface area is 96.3 Å². The highest BCUT2D eigenvalue weighted by atomic mass is 79.9. The highest BCUT2D eigenvalue weighted by Crippen LogP contribution is 2.34. The Hall–Kier alpha value is -0.260. The zero-order chi connectivity index (χ0) is 9.26. The first-order chi connectivity index (χ1) is 6.27. The maximum Gasteiger partial charge on any atom is 0.160 e. The highest BCUT2D eigenvalue weighted by Gasteiger charge is 2.09. The average molecular weight is 320 g/mol. The molecule has 0 aromatic carbocycles. The van der Waals surface area contributed by atoms with Crippen LogP contribution in [0.2, 0.25) is 0 Å². The number of pyridine rings is 1. The van der Waals surface area contributed by atoms with Crippen LogP contribution in [-0.2, 0) is 0 Å². The van der Waals surface area contributed by atoms with Crippen LogP contribution in [0.15, 0.2) is 32.1 Å². The summed E-state index contributed by atoms with van der Waals surface area (Å²) in [6.07, 6.45) is 1.76. The summed E-state index contributed by atoms with van der Waals surface area (Å²) in [7, 11) is 0. The topological polar surface area (TPSA) is 25.8 Å². The molecule has 0 aliphatic carbocycles. The summed E-state index contributed by atoms with van der Waals surface area (Å²) in [4.78, 5) is 8.52. The van der Waals surface area contributed by atoms with Crippen LogP contribution in [0.3, 0.4) is 0 Å². The largest absolute Gasteiger partial charge is 0.255 e. The maximum absolute atomic E-state index is 4.31. The van der Waals surface area contributed by atoms with Gasteiger partial charge in [0.25, 0.3) is 0 Å². The fraction of sp³-hybridized carbons (Fsp3) is 0. The first-order valence-electron chi connectivity index (χ1n) is 3.50. The summed E-state index contributed by atoms with van der Waals surface area (Å²) in [5, 5.41) is 0. The second kappa shape index (κ2) is 3.86. The van der Waals surface area contributed by atoms with E-state index in [0.29, 0.717) is 0 Å². The van der Waals surface area contributed by atoms with Gasteiger partial charge in [-0.2, -0.15) is 0 Å². The van der Waals surface area contributed by atoms with Crippen LogP contribution in [0.1, 0.15) is 0 Å². The second-order valence-electron chi connectivity index (χ2n) is 2.30. The SMILES string of the molecule is Brc1nc(-c2ccccn2)c(Br)s1. The molecule has 2 aromatic rings. The third-order valence-corrected chi connectivity index (χ3v) is 3.62. The van der Waals surface area contributed by atoms with Gasteiger partial charge in [-0.25, -0.2) is 4.98 Å². The summed E-state index contributed by atoms with van der Waals surface area (Å²) in [5.41, 5.74) is 1.77. The second-order valence-corrected chi connectivity index (χ2v) is 5.90. The Morgan fingerprint density at radius 1 is 1.23 bits per heavy atom. The number of aromatic nitrogens is 2. The summed E-state index contributed by atoms with van der Waals surface area (Å²) >= 11 is 8.32. The van der Waals surface area contributed by atoms with Gasteiger partial charge in [-0.1, -0.05) is 17.4 Å². The highest BCUT2D eigenvalue weighted by molar-refractivity contribution is 9.12. The quantitative estimate of drug-likeness (QED) is 0.800. The Morgan fingerprint density at radius 3 is 2.62 bits per heavy atom. The van der Waals surface area contributed by atoms with Gasteiger partial charge >= 0.3 is 0 Å².